The van der Waals surface area contributed by atoms with Gasteiger partial charge in [-0.25, -0.2) is 4.79 Å². The molecule has 2 rings (SSSR count). The number of aryl methyl sites for hydroxylation is 1. The maximum Gasteiger partial charge on any atom is 0.335 e. The van der Waals surface area contributed by atoms with Crippen LogP contribution in [0.15, 0.2) is 30.6 Å². The van der Waals surface area contributed by atoms with Crippen LogP contribution in [-0.2, 0) is 20.1 Å². The molecule has 1 N–H and O–H groups in total. The van der Waals surface area contributed by atoms with Gasteiger partial charge in [0.05, 0.1) is 12.1 Å². The summed E-state index contributed by atoms with van der Waals surface area (Å²) in [5.74, 6) is -0.0105. The fraction of sp³-hybridized carbons (Fsp3) is 0.308. The summed E-state index contributed by atoms with van der Waals surface area (Å²) in [5, 5.41) is 16.7. The van der Waals surface area contributed by atoms with E-state index >= 15 is 0 Å². The largest absolute Gasteiger partial charge is 0.478 e. The zero-order valence-electron chi connectivity index (χ0n) is 10.9. The third-order valence-corrected chi connectivity index (χ3v) is 2.87. The predicted molar refractivity (Wildman–Crippen MR) is 69.6 cm³/mol. The van der Waals surface area contributed by atoms with Crippen molar-refractivity contribution in [2.75, 3.05) is 7.05 Å². The Hall–Kier alpha value is -2.21. The summed E-state index contributed by atoms with van der Waals surface area (Å²) in [6.07, 6.45) is 1.67. The number of hydrogen-bond donors (Lipinski definition) is 1. The molecule has 0 bridgehead atoms. The molecule has 0 saturated carbocycles. The standard InChI is InChI=1S/C13H16N4O2/c1-16(8-12-15-14-9-17(12)2)7-10-3-5-11(6-4-10)13(18)19/h3-6,9H,7-8H2,1-2H3,(H,18,19). The maximum atomic E-state index is 10.8. The first-order valence-electron chi connectivity index (χ1n) is 5.90. The average Bonchev–Trinajstić information content (AvgIpc) is 2.75. The Morgan fingerprint density at radius 2 is 2.00 bits per heavy atom. The van der Waals surface area contributed by atoms with E-state index in [0.29, 0.717) is 12.1 Å². The topological polar surface area (TPSA) is 71.2 Å². The Labute approximate surface area is 111 Å². The SMILES string of the molecule is CN(Cc1ccc(C(=O)O)cc1)Cc1nncn1C. The van der Waals surface area contributed by atoms with Gasteiger partial charge in [0, 0.05) is 13.6 Å². The second-order valence-corrected chi connectivity index (χ2v) is 4.53. The quantitative estimate of drug-likeness (QED) is 0.873. The van der Waals surface area contributed by atoms with Crippen molar-refractivity contribution in [3.63, 3.8) is 0 Å². The predicted octanol–water partition coefficient (Wildman–Crippen LogP) is 1.15. The molecule has 0 atom stereocenters. The summed E-state index contributed by atoms with van der Waals surface area (Å²) in [7, 11) is 3.89. The minimum Gasteiger partial charge on any atom is -0.478 e. The molecule has 0 amide bonds. The Morgan fingerprint density at radius 1 is 1.32 bits per heavy atom. The number of carboxylic acid groups (broad SMARTS) is 1. The normalized spacial score (nSPS) is 10.9. The Kier molecular flexibility index (Phi) is 3.91. The summed E-state index contributed by atoms with van der Waals surface area (Å²) in [4.78, 5) is 12.9. The fourth-order valence-corrected chi connectivity index (χ4v) is 1.81. The third kappa shape index (κ3) is 3.38. The lowest BCUT2D eigenvalue weighted by atomic mass is 10.1. The van der Waals surface area contributed by atoms with Crippen LogP contribution < -0.4 is 0 Å². The van der Waals surface area contributed by atoms with Crippen LogP contribution in [0.3, 0.4) is 0 Å². The zero-order valence-corrected chi connectivity index (χ0v) is 10.9. The fourth-order valence-electron chi connectivity index (χ4n) is 1.81. The van der Waals surface area contributed by atoms with Gasteiger partial charge in [-0.3, -0.25) is 4.90 Å². The second kappa shape index (κ2) is 5.62. The van der Waals surface area contributed by atoms with Crippen LogP contribution in [0.25, 0.3) is 0 Å². The van der Waals surface area contributed by atoms with Crippen LogP contribution in [0.1, 0.15) is 21.7 Å². The van der Waals surface area contributed by atoms with Crippen LogP contribution in [0.2, 0.25) is 0 Å². The molecule has 1 aromatic heterocycles. The summed E-state index contributed by atoms with van der Waals surface area (Å²) in [6, 6.07) is 6.90. The molecular weight excluding hydrogens is 244 g/mol. The van der Waals surface area contributed by atoms with Crippen molar-refractivity contribution in [1.82, 2.24) is 19.7 Å². The molecule has 1 aromatic carbocycles. The molecule has 6 nitrogen and oxygen atoms in total. The van der Waals surface area contributed by atoms with E-state index in [1.54, 1.807) is 18.5 Å². The molecule has 0 fully saturated rings. The molecule has 0 aliphatic heterocycles. The zero-order chi connectivity index (χ0) is 13.8. The molecule has 0 aliphatic rings. The van der Waals surface area contributed by atoms with Crippen molar-refractivity contribution in [2.45, 2.75) is 13.1 Å². The van der Waals surface area contributed by atoms with Gasteiger partial charge in [0.2, 0.25) is 0 Å². The molecule has 0 unspecified atom stereocenters. The van der Waals surface area contributed by atoms with E-state index < -0.39 is 5.97 Å². The minimum absolute atomic E-state index is 0.305. The van der Waals surface area contributed by atoms with Crippen LogP contribution in [-0.4, -0.2) is 37.8 Å². The van der Waals surface area contributed by atoms with E-state index in [0.717, 1.165) is 17.9 Å². The van der Waals surface area contributed by atoms with Crippen molar-refractivity contribution in [1.29, 1.82) is 0 Å². The number of carbonyl (C=O) groups is 1. The number of aromatic nitrogens is 3. The van der Waals surface area contributed by atoms with Gasteiger partial charge in [0.15, 0.2) is 0 Å². The molecule has 19 heavy (non-hydrogen) atoms. The number of aromatic carboxylic acids is 1. The summed E-state index contributed by atoms with van der Waals surface area (Å²) in [6.45, 7) is 1.42. The van der Waals surface area contributed by atoms with Gasteiger partial charge >= 0.3 is 5.97 Å². The Bertz CT molecular complexity index is 562. The highest BCUT2D eigenvalue weighted by atomic mass is 16.4. The Balaban J connectivity index is 1.97. The number of rotatable bonds is 5. The lowest BCUT2D eigenvalue weighted by Crippen LogP contribution is -2.19. The first-order valence-corrected chi connectivity index (χ1v) is 5.90. The van der Waals surface area contributed by atoms with Gasteiger partial charge in [-0.2, -0.15) is 0 Å². The van der Waals surface area contributed by atoms with E-state index in [9.17, 15) is 4.79 Å². The van der Waals surface area contributed by atoms with Crippen LogP contribution >= 0.6 is 0 Å². The van der Waals surface area contributed by atoms with Gasteiger partial charge in [-0.1, -0.05) is 12.1 Å². The van der Waals surface area contributed by atoms with Crippen LogP contribution in [0.4, 0.5) is 0 Å². The van der Waals surface area contributed by atoms with Gasteiger partial charge < -0.3 is 9.67 Å². The van der Waals surface area contributed by atoms with Gasteiger partial charge in [0.1, 0.15) is 12.2 Å². The maximum absolute atomic E-state index is 10.8. The number of benzene rings is 1. The molecule has 1 heterocycles. The summed E-state index contributed by atoms with van der Waals surface area (Å²) < 4.78 is 1.88. The van der Waals surface area contributed by atoms with Crippen molar-refractivity contribution in [3.8, 4) is 0 Å². The average molecular weight is 260 g/mol. The number of hydrogen-bond acceptors (Lipinski definition) is 4. The molecule has 100 valence electrons. The van der Waals surface area contributed by atoms with E-state index in [1.165, 1.54) is 0 Å². The number of carboxylic acids is 1. The molecule has 6 heteroatoms. The Morgan fingerprint density at radius 3 is 2.53 bits per heavy atom. The number of nitrogens with zero attached hydrogens (tertiary/aromatic N) is 4. The van der Waals surface area contributed by atoms with Crippen molar-refractivity contribution in [2.24, 2.45) is 7.05 Å². The van der Waals surface area contributed by atoms with Crippen LogP contribution in [0.5, 0.6) is 0 Å². The van der Waals surface area contributed by atoms with Crippen molar-refractivity contribution in [3.05, 3.63) is 47.5 Å². The van der Waals surface area contributed by atoms with E-state index in [2.05, 4.69) is 15.1 Å². The summed E-state index contributed by atoms with van der Waals surface area (Å²) in [5.41, 5.74) is 1.37. The first-order chi connectivity index (χ1) is 9.06. The smallest absolute Gasteiger partial charge is 0.335 e. The van der Waals surface area contributed by atoms with E-state index in [1.807, 2.05) is 30.8 Å². The lowest BCUT2D eigenvalue weighted by Gasteiger charge is -2.15. The summed E-state index contributed by atoms with van der Waals surface area (Å²) >= 11 is 0. The molecule has 0 spiro atoms. The van der Waals surface area contributed by atoms with Crippen molar-refractivity contribution >= 4 is 5.97 Å². The molecular formula is C13H16N4O2. The highest BCUT2D eigenvalue weighted by Crippen LogP contribution is 2.08. The second-order valence-electron chi connectivity index (χ2n) is 4.53. The minimum atomic E-state index is -0.904. The highest BCUT2D eigenvalue weighted by Gasteiger charge is 2.07. The third-order valence-electron chi connectivity index (χ3n) is 2.87. The molecule has 0 radical (unpaired) electrons. The lowest BCUT2D eigenvalue weighted by molar-refractivity contribution is 0.0697. The van der Waals surface area contributed by atoms with Crippen molar-refractivity contribution < 1.29 is 9.90 Å². The van der Waals surface area contributed by atoms with Crippen LogP contribution in [0, 0.1) is 0 Å². The molecule has 0 aliphatic carbocycles. The monoisotopic (exact) mass is 260 g/mol. The first kappa shape index (κ1) is 13.2. The van der Waals surface area contributed by atoms with E-state index in [4.69, 9.17) is 5.11 Å². The van der Waals surface area contributed by atoms with Gasteiger partial charge in [-0.15, -0.1) is 10.2 Å². The van der Waals surface area contributed by atoms with E-state index in [-0.39, 0.29) is 0 Å². The highest BCUT2D eigenvalue weighted by molar-refractivity contribution is 5.87. The van der Waals surface area contributed by atoms with Gasteiger partial charge in [0.25, 0.3) is 0 Å². The molecule has 0 saturated heterocycles. The molecule has 2 aromatic rings. The van der Waals surface area contributed by atoms with Gasteiger partial charge in [-0.05, 0) is 24.7 Å².